The average Bonchev–Trinajstić information content (AvgIpc) is 3.03. The van der Waals surface area contributed by atoms with Crippen molar-refractivity contribution in [2.45, 2.75) is 16.1 Å². The number of nitrogens with zero attached hydrogens (tertiary/aromatic N) is 2. The third-order valence-corrected chi connectivity index (χ3v) is 5.77. The Labute approximate surface area is 189 Å². The standard InChI is InChI=1S/C23H13F3N2O4S/c24-23(25,26)14-6-9-19(27-12-14)33-18-8-7-15(11-13(18)5-10-20(29)30)28-21(31)16-3-1-2-4-17(16)22(28)32/h1-12H,(H,29,30). The number of anilines is 1. The molecule has 1 N–H and O–H groups in total. The molecule has 4 rings (SSSR count). The SMILES string of the molecule is O=C(O)C=Cc1cc(N2C(=O)c3ccccc3C2=O)ccc1Sc1ccc(C(F)(F)F)cn1. The number of fused-ring (bicyclic) bond motifs is 1. The van der Waals surface area contributed by atoms with Gasteiger partial charge in [-0.15, -0.1) is 0 Å². The van der Waals surface area contributed by atoms with Crippen LogP contribution >= 0.6 is 11.8 Å². The van der Waals surface area contributed by atoms with Crippen LogP contribution in [0.15, 0.2) is 76.8 Å². The van der Waals surface area contributed by atoms with E-state index in [1.807, 2.05) is 0 Å². The topological polar surface area (TPSA) is 87.6 Å². The fraction of sp³-hybridized carbons (Fsp3) is 0.0435. The number of amides is 2. The molecule has 2 heterocycles. The molecule has 1 aliphatic heterocycles. The minimum Gasteiger partial charge on any atom is -0.478 e. The first kappa shape index (κ1) is 22.3. The van der Waals surface area contributed by atoms with Crippen LogP contribution in [0.4, 0.5) is 18.9 Å². The lowest BCUT2D eigenvalue weighted by molar-refractivity contribution is -0.138. The van der Waals surface area contributed by atoms with Gasteiger partial charge >= 0.3 is 12.1 Å². The van der Waals surface area contributed by atoms with E-state index < -0.39 is 29.5 Å². The highest BCUT2D eigenvalue weighted by Gasteiger charge is 2.36. The summed E-state index contributed by atoms with van der Waals surface area (Å²) < 4.78 is 38.3. The number of pyridine rings is 1. The first-order valence-corrected chi connectivity index (χ1v) is 10.2. The van der Waals surface area contributed by atoms with Gasteiger partial charge in [0.15, 0.2) is 0 Å². The minimum atomic E-state index is -4.51. The van der Waals surface area contributed by atoms with Crippen LogP contribution in [0.2, 0.25) is 0 Å². The van der Waals surface area contributed by atoms with Crippen LogP contribution in [0, 0.1) is 0 Å². The largest absolute Gasteiger partial charge is 0.478 e. The summed E-state index contributed by atoms with van der Waals surface area (Å²) in [4.78, 5) is 41.8. The molecule has 166 valence electrons. The quantitative estimate of drug-likeness (QED) is 0.410. The Morgan fingerprint density at radius 3 is 2.21 bits per heavy atom. The molecule has 0 bridgehead atoms. The second-order valence-corrected chi connectivity index (χ2v) is 7.93. The summed E-state index contributed by atoms with van der Waals surface area (Å²) in [5, 5.41) is 9.27. The van der Waals surface area contributed by atoms with E-state index in [1.165, 1.54) is 24.3 Å². The molecule has 2 aromatic carbocycles. The van der Waals surface area contributed by atoms with E-state index in [0.29, 0.717) is 16.7 Å². The lowest BCUT2D eigenvalue weighted by Crippen LogP contribution is -2.29. The van der Waals surface area contributed by atoms with Gasteiger partial charge in [-0.2, -0.15) is 13.2 Å². The summed E-state index contributed by atoms with van der Waals surface area (Å²) in [5.74, 6) is -2.23. The van der Waals surface area contributed by atoms with Gasteiger partial charge in [-0.3, -0.25) is 9.59 Å². The smallest absolute Gasteiger partial charge is 0.417 e. The zero-order valence-electron chi connectivity index (χ0n) is 16.5. The third kappa shape index (κ3) is 4.51. The number of imide groups is 1. The first-order valence-electron chi connectivity index (χ1n) is 9.39. The molecule has 0 unspecified atom stereocenters. The van der Waals surface area contributed by atoms with Crippen molar-refractivity contribution in [3.8, 4) is 0 Å². The Morgan fingerprint density at radius 2 is 1.67 bits per heavy atom. The van der Waals surface area contributed by atoms with E-state index >= 15 is 0 Å². The van der Waals surface area contributed by atoms with Crippen molar-refractivity contribution in [2.75, 3.05) is 4.90 Å². The molecular formula is C23H13F3N2O4S. The number of aliphatic carboxylic acids is 1. The number of carboxylic acids is 1. The number of aromatic nitrogens is 1. The Balaban J connectivity index is 1.69. The van der Waals surface area contributed by atoms with Gasteiger partial charge in [0.05, 0.1) is 22.4 Å². The van der Waals surface area contributed by atoms with E-state index in [9.17, 15) is 27.6 Å². The molecule has 0 saturated heterocycles. The zero-order chi connectivity index (χ0) is 23.8. The van der Waals surface area contributed by atoms with E-state index in [0.717, 1.165) is 28.8 Å². The Hall–Kier alpha value is -3.92. The monoisotopic (exact) mass is 470 g/mol. The Kier molecular flexibility index (Phi) is 5.77. The molecule has 2 amide bonds. The maximum Gasteiger partial charge on any atom is 0.417 e. The highest BCUT2D eigenvalue weighted by atomic mass is 32.2. The molecule has 0 aliphatic carbocycles. The van der Waals surface area contributed by atoms with Crippen molar-refractivity contribution in [3.05, 3.63) is 89.1 Å². The number of carbonyl (C=O) groups excluding carboxylic acids is 2. The summed E-state index contributed by atoms with van der Waals surface area (Å²) in [6.45, 7) is 0. The van der Waals surface area contributed by atoms with Crippen LogP contribution in [0.1, 0.15) is 31.8 Å². The average molecular weight is 470 g/mol. The van der Waals surface area contributed by atoms with E-state index in [1.54, 1.807) is 30.3 Å². The predicted molar refractivity (Wildman–Crippen MR) is 114 cm³/mol. The summed E-state index contributed by atoms with van der Waals surface area (Å²) in [5.41, 5.74) is 0.211. The molecule has 3 aromatic rings. The van der Waals surface area contributed by atoms with Crippen LogP contribution in [0.5, 0.6) is 0 Å². The molecular weight excluding hydrogens is 457 g/mol. The third-order valence-electron chi connectivity index (χ3n) is 4.73. The molecule has 6 nitrogen and oxygen atoms in total. The minimum absolute atomic E-state index is 0.232. The fourth-order valence-corrected chi connectivity index (χ4v) is 4.05. The van der Waals surface area contributed by atoms with Gasteiger partial charge in [0, 0.05) is 17.2 Å². The normalized spacial score (nSPS) is 13.6. The van der Waals surface area contributed by atoms with Crippen molar-refractivity contribution in [1.29, 1.82) is 0 Å². The number of hydrogen-bond donors (Lipinski definition) is 1. The molecule has 1 aromatic heterocycles. The predicted octanol–water partition coefficient (Wildman–Crippen LogP) is 5.15. The van der Waals surface area contributed by atoms with Gasteiger partial charge in [-0.05, 0) is 54.1 Å². The molecule has 0 fully saturated rings. The van der Waals surface area contributed by atoms with Crippen LogP contribution in [0.25, 0.3) is 6.08 Å². The van der Waals surface area contributed by atoms with Crippen molar-refractivity contribution < 1.29 is 32.7 Å². The molecule has 33 heavy (non-hydrogen) atoms. The molecule has 1 aliphatic rings. The van der Waals surface area contributed by atoms with E-state index in [-0.39, 0.29) is 21.8 Å². The van der Waals surface area contributed by atoms with E-state index in [2.05, 4.69) is 4.98 Å². The second kappa shape index (κ2) is 8.55. The highest BCUT2D eigenvalue weighted by molar-refractivity contribution is 7.99. The highest BCUT2D eigenvalue weighted by Crippen LogP contribution is 2.36. The number of hydrogen-bond acceptors (Lipinski definition) is 5. The first-order chi connectivity index (χ1) is 15.6. The van der Waals surface area contributed by atoms with Crippen LogP contribution in [0.3, 0.4) is 0 Å². The molecule has 0 saturated carbocycles. The van der Waals surface area contributed by atoms with Crippen LogP contribution in [-0.2, 0) is 11.0 Å². The summed E-state index contributed by atoms with van der Waals surface area (Å²) in [6, 6.07) is 13.0. The molecule has 0 radical (unpaired) electrons. The van der Waals surface area contributed by atoms with Gasteiger partial charge in [0.25, 0.3) is 11.8 Å². The molecule has 0 spiro atoms. The van der Waals surface area contributed by atoms with Crippen molar-refractivity contribution in [3.63, 3.8) is 0 Å². The second-order valence-electron chi connectivity index (χ2n) is 6.87. The van der Waals surface area contributed by atoms with E-state index in [4.69, 9.17) is 5.11 Å². The van der Waals surface area contributed by atoms with Crippen LogP contribution < -0.4 is 4.90 Å². The maximum absolute atomic E-state index is 12.8. The Bertz CT molecular complexity index is 1270. The lowest BCUT2D eigenvalue weighted by atomic mass is 10.1. The maximum atomic E-state index is 12.8. The van der Waals surface area contributed by atoms with Crippen molar-refractivity contribution in [2.24, 2.45) is 0 Å². The zero-order valence-corrected chi connectivity index (χ0v) is 17.4. The van der Waals surface area contributed by atoms with Gasteiger partial charge in [-0.1, -0.05) is 23.9 Å². The molecule has 10 heteroatoms. The number of benzene rings is 2. The number of rotatable bonds is 5. The summed E-state index contributed by atoms with van der Waals surface area (Å²) >= 11 is 1.01. The Morgan fingerprint density at radius 1 is 1.00 bits per heavy atom. The number of alkyl halides is 3. The lowest BCUT2D eigenvalue weighted by Gasteiger charge is -2.16. The van der Waals surface area contributed by atoms with Crippen molar-refractivity contribution >= 4 is 41.3 Å². The van der Waals surface area contributed by atoms with Gasteiger partial charge < -0.3 is 5.11 Å². The number of halogens is 3. The van der Waals surface area contributed by atoms with Gasteiger partial charge in [-0.25, -0.2) is 14.7 Å². The van der Waals surface area contributed by atoms with Gasteiger partial charge in [0.1, 0.15) is 5.03 Å². The number of carbonyl (C=O) groups is 3. The summed E-state index contributed by atoms with van der Waals surface area (Å²) in [7, 11) is 0. The van der Waals surface area contributed by atoms with Crippen molar-refractivity contribution in [1.82, 2.24) is 4.98 Å². The fourth-order valence-electron chi connectivity index (χ4n) is 3.20. The number of carboxylic acid groups (broad SMARTS) is 1. The van der Waals surface area contributed by atoms with Gasteiger partial charge in [0.2, 0.25) is 0 Å². The van der Waals surface area contributed by atoms with Crippen LogP contribution in [-0.4, -0.2) is 27.9 Å². The summed E-state index contributed by atoms with van der Waals surface area (Å²) in [6.07, 6.45) is -1.65. The molecule has 0 atom stereocenters.